The molecule has 126 valence electrons. The van der Waals surface area contributed by atoms with E-state index < -0.39 is 5.63 Å². The van der Waals surface area contributed by atoms with Crippen LogP contribution in [0.1, 0.15) is 10.4 Å². The number of para-hydroxylation sites is 1. The van der Waals surface area contributed by atoms with Gasteiger partial charge in [-0.15, -0.1) is 0 Å². The number of hydrogen-bond acceptors (Lipinski definition) is 4. The van der Waals surface area contributed by atoms with Gasteiger partial charge < -0.3 is 9.73 Å². The topological polar surface area (TPSA) is 72.2 Å². The molecular weight excluding hydrogens is 328 g/mol. The molecule has 26 heavy (non-hydrogen) atoms. The standard InChI is InChI=1S/C21H14N2O3/c24-20(16-5-3-11-22-13-16)23-17-9-7-14(8-10-17)18-12-15-4-1-2-6-19(15)26-21(18)25/h1-13H,(H,23,24). The summed E-state index contributed by atoms with van der Waals surface area (Å²) in [4.78, 5) is 28.3. The van der Waals surface area contributed by atoms with Crippen molar-refractivity contribution < 1.29 is 9.21 Å². The average Bonchev–Trinajstić information content (AvgIpc) is 2.69. The fourth-order valence-corrected chi connectivity index (χ4v) is 2.70. The first kappa shape index (κ1) is 15.8. The minimum absolute atomic E-state index is 0.240. The highest BCUT2D eigenvalue weighted by atomic mass is 16.4. The highest BCUT2D eigenvalue weighted by Crippen LogP contribution is 2.22. The molecule has 4 aromatic rings. The number of fused-ring (bicyclic) bond motifs is 1. The molecule has 0 saturated heterocycles. The lowest BCUT2D eigenvalue weighted by molar-refractivity contribution is 0.102. The lowest BCUT2D eigenvalue weighted by Gasteiger charge is -2.07. The maximum atomic E-state index is 12.2. The zero-order valence-corrected chi connectivity index (χ0v) is 13.7. The zero-order valence-electron chi connectivity index (χ0n) is 13.7. The number of hydrogen-bond donors (Lipinski definition) is 1. The van der Waals surface area contributed by atoms with Gasteiger partial charge >= 0.3 is 5.63 Å². The summed E-state index contributed by atoms with van der Waals surface area (Å²) in [6, 6.07) is 19.6. The van der Waals surface area contributed by atoms with Crippen LogP contribution in [0.3, 0.4) is 0 Å². The summed E-state index contributed by atoms with van der Waals surface area (Å²) < 4.78 is 5.37. The Balaban J connectivity index is 1.61. The van der Waals surface area contributed by atoms with Crippen LogP contribution in [0.5, 0.6) is 0 Å². The molecule has 0 atom stereocenters. The smallest absolute Gasteiger partial charge is 0.344 e. The van der Waals surface area contributed by atoms with Gasteiger partial charge in [-0.05, 0) is 42.0 Å². The maximum absolute atomic E-state index is 12.2. The van der Waals surface area contributed by atoms with Gasteiger partial charge in [-0.25, -0.2) is 4.79 Å². The molecular formula is C21H14N2O3. The van der Waals surface area contributed by atoms with Crippen LogP contribution in [0.2, 0.25) is 0 Å². The highest BCUT2D eigenvalue weighted by Gasteiger charge is 2.09. The van der Waals surface area contributed by atoms with Gasteiger partial charge in [0.1, 0.15) is 5.58 Å². The van der Waals surface area contributed by atoms with Crippen LogP contribution in [0.4, 0.5) is 5.69 Å². The maximum Gasteiger partial charge on any atom is 0.344 e. The third-order valence-corrected chi connectivity index (χ3v) is 4.02. The molecule has 1 N–H and O–H groups in total. The third-order valence-electron chi connectivity index (χ3n) is 4.02. The number of nitrogens with zero attached hydrogens (tertiary/aromatic N) is 1. The molecule has 1 amide bonds. The van der Waals surface area contributed by atoms with E-state index in [1.165, 1.54) is 6.20 Å². The van der Waals surface area contributed by atoms with E-state index in [2.05, 4.69) is 10.3 Å². The molecule has 0 aliphatic carbocycles. The molecule has 5 nitrogen and oxygen atoms in total. The molecule has 2 aromatic carbocycles. The van der Waals surface area contributed by atoms with Gasteiger partial charge in [0.05, 0.1) is 11.1 Å². The first-order chi connectivity index (χ1) is 12.7. The van der Waals surface area contributed by atoms with Crippen molar-refractivity contribution in [3.8, 4) is 11.1 Å². The first-order valence-electron chi connectivity index (χ1n) is 8.05. The molecule has 0 aliphatic heterocycles. The molecule has 0 fully saturated rings. The number of amides is 1. The van der Waals surface area contributed by atoms with Crippen LogP contribution in [-0.4, -0.2) is 10.9 Å². The van der Waals surface area contributed by atoms with E-state index in [4.69, 9.17) is 4.42 Å². The van der Waals surface area contributed by atoms with E-state index in [0.717, 1.165) is 10.9 Å². The molecule has 0 bridgehead atoms. The number of nitrogens with one attached hydrogen (secondary N) is 1. The molecule has 5 heteroatoms. The number of anilines is 1. The van der Waals surface area contributed by atoms with Gasteiger partial charge in [0.15, 0.2) is 0 Å². The minimum Gasteiger partial charge on any atom is -0.422 e. The second kappa shape index (κ2) is 6.64. The molecule has 0 saturated carbocycles. The van der Waals surface area contributed by atoms with Crippen LogP contribution in [0, 0.1) is 0 Å². The molecule has 2 heterocycles. The molecule has 2 aromatic heterocycles. The molecule has 0 unspecified atom stereocenters. The Kier molecular flexibility index (Phi) is 4.03. The predicted octanol–water partition coefficient (Wildman–Crippen LogP) is 4.11. The van der Waals surface area contributed by atoms with Crippen molar-refractivity contribution in [3.05, 3.63) is 95.1 Å². The Morgan fingerprint density at radius 3 is 2.54 bits per heavy atom. The fraction of sp³-hybridized carbons (Fsp3) is 0. The zero-order chi connectivity index (χ0) is 17.9. The Labute approximate surface area is 148 Å². The Morgan fingerprint density at radius 2 is 1.77 bits per heavy atom. The normalized spacial score (nSPS) is 10.6. The minimum atomic E-state index is -0.393. The molecule has 0 radical (unpaired) electrons. The van der Waals surface area contributed by atoms with Gasteiger partial charge in [0, 0.05) is 23.5 Å². The van der Waals surface area contributed by atoms with Crippen molar-refractivity contribution >= 4 is 22.6 Å². The van der Waals surface area contributed by atoms with Crippen molar-refractivity contribution in [2.24, 2.45) is 0 Å². The Morgan fingerprint density at radius 1 is 0.962 bits per heavy atom. The second-order valence-electron chi connectivity index (χ2n) is 5.76. The fourth-order valence-electron chi connectivity index (χ4n) is 2.70. The van der Waals surface area contributed by atoms with E-state index in [9.17, 15) is 9.59 Å². The van der Waals surface area contributed by atoms with Crippen LogP contribution in [0.25, 0.3) is 22.1 Å². The summed E-state index contributed by atoms with van der Waals surface area (Å²) in [5, 5.41) is 3.66. The number of carbonyl (C=O) groups is 1. The van der Waals surface area contributed by atoms with Crippen molar-refractivity contribution in [1.82, 2.24) is 4.98 Å². The van der Waals surface area contributed by atoms with E-state index in [-0.39, 0.29) is 5.91 Å². The summed E-state index contributed by atoms with van der Waals surface area (Å²) in [5.74, 6) is -0.240. The van der Waals surface area contributed by atoms with Crippen molar-refractivity contribution in [3.63, 3.8) is 0 Å². The SMILES string of the molecule is O=C(Nc1ccc(-c2cc3ccccc3oc2=O)cc1)c1cccnc1. The third kappa shape index (κ3) is 3.10. The predicted molar refractivity (Wildman–Crippen MR) is 100 cm³/mol. The summed E-state index contributed by atoms with van der Waals surface area (Å²) in [6.07, 6.45) is 3.12. The lowest BCUT2D eigenvalue weighted by Crippen LogP contribution is -2.11. The van der Waals surface area contributed by atoms with E-state index in [0.29, 0.717) is 22.4 Å². The quantitative estimate of drug-likeness (QED) is 0.569. The summed E-state index contributed by atoms with van der Waals surface area (Å²) >= 11 is 0. The Bertz CT molecular complexity index is 1130. The van der Waals surface area contributed by atoms with Crippen LogP contribution in [-0.2, 0) is 0 Å². The van der Waals surface area contributed by atoms with Gasteiger partial charge in [-0.2, -0.15) is 0 Å². The number of pyridine rings is 1. The van der Waals surface area contributed by atoms with Gasteiger partial charge in [0.2, 0.25) is 0 Å². The van der Waals surface area contributed by atoms with Crippen molar-refractivity contribution in [2.75, 3.05) is 5.32 Å². The summed E-state index contributed by atoms with van der Waals surface area (Å²) in [5.41, 5.74) is 2.48. The van der Waals surface area contributed by atoms with E-state index in [1.807, 2.05) is 24.3 Å². The lowest BCUT2D eigenvalue weighted by atomic mass is 10.1. The monoisotopic (exact) mass is 342 g/mol. The first-order valence-corrected chi connectivity index (χ1v) is 8.05. The van der Waals surface area contributed by atoms with Crippen molar-refractivity contribution in [2.45, 2.75) is 0 Å². The van der Waals surface area contributed by atoms with E-state index >= 15 is 0 Å². The molecule has 4 rings (SSSR count). The largest absolute Gasteiger partial charge is 0.422 e. The van der Waals surface area contributed by atoms with Gasteiger partial charge in [0.25, 0.3) is 5.91 Å². The molecule has 0 spiro atoms. The van der Waals surface area contributed by atoms with E-state index in [1.54, 1.807) is 48.7 Å². The highest BCUT2D eigenvalue weighted by molar-refractivity contribution is 6.04. The summed E-state index contributed by atoms with van der Waals surface area (Å²) in [6.45, 7) is 0. The number of carbonyl (C=O) groups excluding carboxylic acids is 1. The average molecular weight is 342 g/mol. The van der Waals surface area contributed by atoms with Crippen LogP contribution in [0.15, 0.2) is 88.3 Å². The Hall–Kier alpha value is -3.73. The summed E-state index contributed by atoms with van der Waals surface area (Å²) in [7, 11) is 0. The van der Waals surface area contributed by atoms with Gasteiger partial charge in [-0.3, -0.25) is 9.78 Å². The van der Waals surface area contributed by atoms with Crippen LogP contribution < -0.4 is 10.9 Å². The van der Waals surface area contributed by atoms with Crippen molar-refractivity contribution in [1.29, 1.82) is 0 Å². The van der Waals surface area contributed by atoms with Crippen LogP contribution >= 0.6 is 0 Å². The number of aromatic nitrogens is 1. The number of rotatable bonds is 3. The molecule has 0 aliphatic rings. The number of benzene rings is 2. The van der Waals surface area contributed by atoms with Gasteiger partial charge in [-0.1, -0.05) is 30.3 Å². The second-order valence-corrected chi connectivity index (χ2v) is 5.76.